The number of halogens is 1. The van der Waals surface area contributed by atoms with Gasteiger partial charge in [0.15, 0.2) is 0 Å². The fourth-order valence-electron chi connectivity index (χ4n) is 3.31. The largest absolute Gasteiger partial charge is 0.354 e. The molecule has 0 aliphatic rings. The molecule has 33 heavy (non-hydrogen) atoms. The van der Waals surface area contributed by atoms with Crippen LogP contribution in [0, 0.1) is 6.92 Å². The molecule has 0 aromatic heterocycles. The molecule has 180 valence electrons. The molecule has 0 saturated heterocycles. The van der Waals surface area contributed by atoms with E-state index in [1.807, 2.05) is 38.1 Å². The number of nitrogens with one attached hydrogen (secondary N) is 1. The third-order valence-electron chi connectivity index (χ3n) is 5.39. The zero-order valence-electron chi connectivity index (χ0n) is 19.5. The molecule has 0 bridgehead atoms. The fourth-order valence-corrected chi connectivity index (χ4v) is 4.42. The number of rotatable bonds is 11. The Kier molecular flexibility index (Phi) is 9.91. The van der Waals surface area contributed by atoms with Gasteiger partial charge in [0.2, 0.25) is 21.8 Å². The van der Waals surface area contributed by atoms with Gasteiger partial charge < -0.3 is 10.2 Å². The maximum atomic E-state index is 13.5. The Morgan fingerprint density at radius 2 is 1.73 bits per heavy atom. The lowest BCUT2D eigenvalue weighted by Gasteiger charge is -2.32. The number of anilines is 1. The first-order chi connectivity index (χ1) is 15.5. The molecule has 7 nitrogen and oxygen atoms in total. The molecule has 0 radical (unpaired) electrons. The van der Waals surface area contributed by atoms with Crippen molar-refractivity contribution < 1.29 is 18.0 Å². The van der Waals surface area contributed by atoms with Crippen molar-refractivity contribution >= 4 is 43.5 Å². The van der Waals surface area contributed by atoms with Gasteiger partial charge in [-0.1, -0.05) is 53.5 Å². The van der Waals surface area contributed by atoms with Gasteiger partial charge in [0.05, 0.1) is 11.9 Å². The molecule has 0 saturated carbocycles. The molecule has 1 unspecified atom stereocenters. The third-order valence-corrected chi connectivity index (χ3v) is 7.06. The summed E-state index contributed by atoms with van der Waals surface area (Å²) in [7, 11) is -3.73. The van der Waals surface area contributed by atoms with Gasteiger partial charge in [-0.05, 0) is 55.7 Å². The number of unbranched alkanes of at least 4 members (excludes halogenated alkanes) is 1. The number of amides is 2. The van der Waals surface area contributed by atoms with Gasteiger partial charge in [0.1, 0.15) is 12.6 Å². The summed E-state index contributed by atoms with van der Waals surface area (Å²) in [6, 6.07) is 13.6. The first-order valence-electron chi connectivity index (χ1n) is 10.9. The van der Waals surface area contributed by atoms with E-state index in [2.05, 4.69) is 21.2 Å². The Morgan fingerprint density at radius 3 is 2.30 bits per heavy atom. The molecule has 0 aliphatic carbocycles. The zero-order valence-corrected chi connectivity index (χ0v) is 21.9. The summed E-state index contributed by atoms with van der Waals surface area (Å²) in [6.45, 7) is 5.97. The molecule has 2 aromatic carbocycles. The average molecular weight is 539 g/mol. The predicted octanol–water partition coefficient (Wildman–Crippen LogP) is 3.86. The van der Waals surface area contributed by atoms with E-state index in [0.29, 0.717) is 12.2 Å². The minimum atomic E-state index is -3.73. The molecule has 0 aliphatic heterocycles. The predicted molar refractivity (Wildman–Crippen MR) is 135 cm³/mol. The van der Waals surface area contributed by atoms with Crippen LogP contribution in [-0.4, -0.2) is 50.5 Å². The Labute approximate surface area is 205 Å². The van der Waals surface area contributed by atoms with E-state index in [1.165, 1.54) is 4.90 Å². The summed E-state index contributed by atoms with van der Waals surface area (Å²) in [5, 5.41) is 2.87. The standard InChI is InChI=1S/C24H32BrN3O4S/c1-5-6-15-26-24(30)19(3)27(16-20-10-8-7-9-18(20)2)23(29)17-28(33(4,31)32)22-13-11-21(25)12-14-22/h7-14,19H,5-6,15-17H2,1-4H3,(H,26,30). The minimum Gasteiger partial charge on any atom is -0.354 e. The summed E-state index contributed by atoms with van der Waals surface area (Å²) in [6.07, 6.45) is 2.85. The number of carbonyl (C=O) groups is 2. The van der Waals surface area contributed by atoms with Gasteiger partial charge in [-0.25, -0.2) is 8.42 Å². The molecule has 1 atom stereocenters. The van der Waals surface area contributed by atoms with Crippen LogP contribution in [0.2, 0.25) is 0 Å². The van der Waals surface area contributed by atoms with E-state index in [9.17, 15) is 18.0 Å². The molecular formula is C24H32BrN3O4S. The zero-order chi connectivity index (χ0) is 24.6. The van der Waals surface area contributed by atoms with Gasteiger partial charge in [-0.2, -0.15) is 0 Å². The van der Waals surface area contributed by atoms with Crippen LogP contribution in [0.1, 0.15) is 37.8 Å². The Hall–Kier alpha value is -2.39. The second-order valence-electron chi connectivity index (χ2n) is 8.01. The highest BCUT2D eigenvalue weighted by Gasteiger charge is 2.30. The van der Waals surface area contributed by atoms with Crippen LogP contribution in [0.3, 0.4) is 0 Å². The molecule has 2 rings (SSSR count). The van der Waals surface area contributed by atoms with Crippen LogP contribution in [0.25, 0.3) is 0 Å². The number of hydrogen-bond acceptors (Lipinski definition) is 4. The van der Waals surface area contributed by atoms with E-state index in [0.717, 1.165) is 39.0 Å². The van der Waals surface area contributed by atoms with Crippen LogP contribution < -0.4 is 9.62 Å². The molecular weight excluding hydrogens is 506 g/mol. The van der Waals surface area contributed by atoms with Crippen LogP contribution in [0.5, 0.6) is 0 Å². The SMILES string of the molecule is CCCCNC(=O)C(C)N(Cc1ccccc1C)C(=O)CN(c1ccc(Br)cc1)S(C)(=O)=O. The topological polar surface area (TPSA) is 86.8 Å². The second kappa shape index (κ2) is 12.2. The lowest BCUT2D eigenvalue weighted by molar-refractivity contribution is -0.139. The molecule has 2 amide bonds. The van der Waals surface area contributed by atoms with E-state index in [4.69, 9.17) is 0 Å². The number of sulfonamides is 1. The fraction of sp³-hybridized carbons (Fsp3) is 0.417. The van der Waals surface area contributed by atoms with Crippen molar-refractivity contribution in [3.63, 3.8) is 0 Å². The van der Waals surface area contributed by atoms with E-state index >= 15 is 0 Å². The number of benzene rings is 2. The molecule has 2 aromatic rings. The second-order valence-corrected chi connectivity index (χ2v) is 10.8. The van der Waals surface area contributed by atoms with Gasteiger partial charge in [-0.3, -0.25) is 13.9 Å². The smallest absolute Gasteiger partial charge is 0.244 e. The number of nitrogens with zero attached hydrogens (tertiary/aromatic N) is 2. The van der Waals surface area contributed by atoms with Crippen LogP contribution in [0.4, 0.5) is 5.69 Å². The Morgan fingerprint density at radius 1 is 1.09 bits per heavy atom. The molecule has 0 heterocycles. The molecule has 1 N–H and O–H groups in total. The van der Waals surface area contributed by atoms with Crippen molar-refractivity contribution in [3.8, 4) is 0 Å². The minimum absolute atomic E-state index is 0.200. The van der Waals surface area contributed by atoms with Gasteiger partial charge in [-0.15, -0.1) is 0 Å². The maximum Gasteiger partial charge on any atom is 0.244 e. The van der Waals surface area contributed by atoms with E-state index in [-0.39, 0.29) is 12.5 Å². The van der Waals surface area contributed by atoms with Crippen molar-refractivity contribution in [1.82, 2.24) is 10.2 Å². The third kappa shape index (κ3) is 7.85. The summed E-state index contributed by atoms with van der Waals surface area (Å²) in [5.74, 6) is -0.718. The number of carbonyl (C=O) groups excluding carboxylic acids is 2. The van der Waals surface area contributed by atoms with Crippen molar-refractivity contribution in [1.29, 1.82) is 0 Å². The lowest BCUT2D eigenvalue weighted by Crippen LogP contribution is -2.51. The monoisotopic (exact) mass is 537 g/mol. The van der Waals surface area contributed by atoms with Crippen LogP contribution >= 0.6 is 15.9 Å². The van der Waals surface area contributed by atoms with Crippen molar-refractivity contribution in [2.75, 3.05) is 23.7 Å². The Bertz CT molecular complexity index is 1060. The maximum absolute atomic E-state index is 13.5. The quantitative estimate of drug-likeness (QED) is 0.441. The summed E-state index contributed by atoms with van der Waals surface area (Å²) < 4.78 is 26.9. The molecule has 0 spiro atoms. The van der Waals surface area contributed by atoms with Gasteiger partial charge >= 0.3 is 0 Å². The van der Waals surface area contributed by atoms with Gasteiger partial charge in [0.25, 0.3) is 0 Å². The summed E-state index contributed by atoms with van der Waals surface area (Å²) in [5.41, 5.74) is 2.26. The van der Waals surface area contributed by atoms with E-state index in [1.54, 1.807) is 31.2 Å². The van der Waals surface area contributed by atoms with Crippen LogP contribution in [-0.2, 0) is 26.2 Å². The summed E-state index contributed by atoms with van der Waals surface area (Å²) >= 11 is 3.34. The molecule has 9 heteroatoms. The molecule has 0 fully saturated rings. The highest BCUT2D eigenvalue weighted by molar-refractivity contribution is 9.10. The van der Waals surface area contributed by atoms with Crippen molar-refractivity contribution in [3.05, 3.63) is 64.1 Å². The van der Waals surface area contributed by atoms with Crippen LogP contribution in [0.15, 0.2) is 53.0 Å². The van der Waals surface area contributed by atoms with Crippen molar-refractivity contribution in [2.24, 2.45) is 0 Å². The highest BCUT2D eigenvalue weighted by atomic mass is 79.9. The number of hydrogen-bond donors (Lipinski definition) is 1. The summed E-state index contributed by atoms with van der Waals surface area (Å²) in [4.78, 5) is 27.7. The highest BCUT2D eigenvalue weighted by Crippen LogP contribution is 2.22. The van der Waals surface area contributed by atoms with E-state index < -0.39 is 28.5 Å². The Balaban J connectivity index is 2.35. The number of aryl methyl sites for hydroxylation is 1. The normalized spacial score (nSPS) is 12.2. The first kappa shape index (κ1) is 26.9. The first-order valence-corrected chi connectivity index (χ1v) is 13.5. The van der Waals surface area contributed by atoms with Gasteiger partial charge in [0, 0.05) is 17.6 Å². The average Bonchev–Trinajstić information content (AvgIpc) is 2.76. The van der Waals surface area contributed by atoms with Crippen molar-refractivity contribution in [2.45, 2.75) is 46.2 Å². The lowest BCUT2D eigenvalue weighted by atomic mass is 10.1.